The van der Waals surface area contributed by atoms with Crippen LogP contribution in [0.3, 0.4) is 0 Å². The fourth-order valence-corrected chi connectivity index (χ4v) is 4.24. The van der Waals surface area contributed by atoms with Crippen LogP contribution >= 0.6 is 11.3 Å². The molecule has 0 radical (unpaired) electrons. The van der Waals surface area contributed by atoms with E-state index in [1.54, 1.807) is 11.3 Å². The number of carbonyl (C=O) groups is 1. The molecule has 0 spiro atoms. The molecule has 2 aromatic heterocycles. The standard InChI is InChI=1S/C18H18N2OS/c21-18(17-7-12-1-2-14(17)5-12)20-9-13-6-16(10-19-8-13)15-3-4-22-11-15/h1-4,6,8,10-12,14,17H,5,7,9H2,(H,20,21). The van der Waals surface area contributed by atoms with Gasteiger partial charge in [0.2, 0.25) is 5.91 Å². The molecule has 112 valence electrons. The van der Waals surface area contributed by atoms with Crippen molar-refractivity contribution in [1.82, 2.24) is 10.3 Å². The number of thiophene rings is 1. The van der Waals surface area contributed by atoms with E-state index in [4.69, 9.17) is 0 Å². The molecule has 2 aromatic rings. The third-order valence-electron chi connectivity index (χ3n) is 4.73. The second kappa shape index (κ2) is 5.69. The zero-order valence-corrected chi connectivity index (χ0v) is 13.1. The van der Waals surface area contributed by atoms with Crippen LogP contribution in [0.15, 0.2) is 47.4 Å². The van der Waals surface area contributed by atoms with Crippen LogP contribution in [-0.4, -0.2) is 10.9 Å². The number of hydrogen-bond acceptors (Lipinski definition) is 3. The molecular formula is C18H18N2OS. The van der Waals surface area contributed by atoms with Gasteiger partial charge in [0.15, 0.2) is 0 Å². The van der Waals surface area contributed by atoms with E-state index in [1.807, 2.05) is 12.4 Å². The molecule has 3 nitrogen and oxygen atoms in total. The van der Waals surface area contributed by atoms with Gasteiger partial charge in [-0.1, -0.05) is 12.2 Å². The van der Waals surface area contributed by atoms with Gasteiger partial charge in [-0.05, 0) is 58.7 Å². The third kappa shape index (κ3) is 2.59. The molecule has 2 heterocycles. The summed E-state index contributed by atoms with van der Waals surface area (Å²) < 4.78 is 0. The average Bonchev–Trinajstić information content (AvgIpc) is 3.29. The molecule has 1 fully saturated rings. The molecule has 2 aliphatic rings. The highest BCUT2D eigenvalue weighted by molar-refractivity contribution is 7.08. The fraction of sp³-hybridized carbons (Fsp3) is 0.333. The molecule has 1 amide bonds. The molecule has 0 aromatic carbocycles. The number of allylic oxidation sites excluding steroid dienone is 2. The van der Waals surface area contributed by atoms with Gasteiger partial charge in [-0.15, -0.1) is 0 Å². The molecule has 4 rings (SSSR count). The third-order valence-corrected chi connectivity index (χ3v) is 5.42. The number of rotatable bonds is 4. The summed E-state index contributed by atoms with van der Waals surface area (Å²) in [6.07, 6.45) is 10.4. The molecule has 22 heavy (non-hydrogen) atoms. The predicted octanol–water partition coefficient (Wildman–Crippen LogP) is 3.64. The Hall–Kier alpha value is -1.94. The molecule has 3 unspecified atom stereocenters. The first kappa shape index (κ1) is 13.7. The molecule has 2 bridgehead atoms. The minimum absolute atomic E-state index is 0.169. The number of fused-ring (bicyclic) bond motifs is 2. The number of nitrogens with one attached hydrogen (secondary N) is 1. The van der Waals surface area contributed by atoms with Crippen molar-refractivity contribution in [2.45, 2.75) is 19.4 Å². The molecule has 1 saturated carbocycles. The molecule has 1 N–H and O–H groups in total. The lowest BCUT2D eigenvalue weighted by Gasteiger charge is -2.17. The highest BCUT2D eigenvalue weighted by Crippen LogP contribution is 2.43. The van der Waals surface area contributed by atoms with Gasteiger partial charge in [0.1, 0.15) is 0 Å². The summed E-state index contributed by atoms with van der Waals surface area (Å²) in [6.45, 7) is 0.557. The Labute approximate surface area is 134 Å². The Morgan fingerprint density at radius 1 is 1.27 bits per heavy atom. The van der Waals surface area contributed by atoms with Crippen LogP contribution in [0.4, 0.5) is 0 Å². The zero-order valence-electron chi connectivity index (χ0n) is 12.2. The second-order valence-electron chi connectivity index (χ2n) is 6.20. The van der Waals surface area contributed by atoms with E-state index in [1.165, 1.54) is 5.56 Å². The van der Waals surface area contributed by atoms with Crippen molar-refractivity contribution in [3.05, 3.63) is 53.0 Å². The average molecular weight is 310 g/mol. The quantitative estimate of drug-likeness (QED) is 0.876. The first-order valence-electron chi connectivity index (χ1n) is 7.72. The summed E-state index contributed by atoms with van der Waals surface area (Å²) in [7, 11) is 0. The summed E-state index contributed by atoms with van der Waals surface area (Å²) in [5.74, 6) is 1.45. The normalized spacial score (nSPS) is 25.5. The smallest absolute Gasteiger partial charge is 0.223 e. The van der Waals surface area contributed by atoms with E-state index in [9.17, 15) is 4.79 Å². The van der Waals surface area contributed by atoms with E-state index in [-0.39, 0.29) is 11.8 Å². The van der Waals surface area contributed by atoms with Gasteiger partial charge in [0.05, 0.1) is 0 Å². The van der Waals surface area contributed by atoms with Gasteiger partial charge in [0, 0.05) is 30.4 Å². The summed E-state index contributed by atoms with van der Waals surface area (Å²) in [5, 5.41) is 7.26. The first-order chi connectivity index (χ1) is 10.8. The Morgan fingerprint density at radius 2 is 2.23 bits per heavy atom. The summed E-state index contributed by atoms with van der Waals surface area (Å²) in [4.78, 5) is 16.7. The molecule has 4 heteroatoms. The number of aromatic nitrogens is 1. The van der Waals surface area contributed by atoms with Gasteiger partial charge >= 0.3 is 0 Å². The van der Waals surface area contributed by atoms with Gasteiger partial charge in [-0.3, -0.25) is 9.78 Å². The molecule has 0 saturated heterocycles. The Bertz CT molecular complexity index is 708. The Morgan fingerprint density at radius 3 is 2.95 bits per heavy atom. The van der Waals surface area contributed by atoms with Crippen molar-refractivity contribution in [2.24, 2.45) is 17.8 Å². The zero-order chi connectivity index (χ0) is 14.9. The maximum Gasteiger partial charge on any atom is 0.223 e. The van der Waals surface area contributed by atoms with Crippen molar-refractivity contribution in [3.63, 3.8) is 0 Å². The number of pyridine rings is 1. The van der Waals surface area contributed by atoms with Crippen LogP contribution in [-0.2, 0) is 11.3 Å². The lowest BCUT2D eigenvalue weighted by Crippen LogP contribution is -2.32. The summed E-state index contributed by atoms with van der Waals surface area (Å²) in [6, 6.07) is 4.20. The molecule has 0 aliphatic heterocycles. The Kier molecular flexibility index (Phi) is 3.54. The van der Waals surface area contributed by atoms with Crippen molar-refractivity contribution < 1.29 is 4.79 Å². The van der Waals surface area contributed by atoms with Gasteiger partial charge < -0.3 is 5.32 Å². The predicted molar refractivity (Wildman–Crippen MR) is 88.2 cm³/mol. The summed E-state index contributed by atoms with van der Waals surface area (Å²) in [5.41, 5.74) is 3.34. The molecule has 2 aliphatic carbocycles. The SMILES string of the molecule is O=C(NCc1cncc(-c2ccsc2)c1)C1CC2C=CC1C2. The van der Waals surface area contributed by atoms with E-state index in [0.29, 0.717) is 18.4 Å². The van der Waals surface area contributed by atoms with Crippen molar-refractivity contribution in [1.29, 1.82) is 0 Å². The highest BCUT2D eigenvalue weighted by Gasteiger charge is 2.39. The first-order valence-corrected chi connectivity index (χ1v) is 8.66. The number of carbonyl (C=O) groups excluding carboxylic acids is 1. The van der Waals surface area contributed by atoms with Crippen LogP contribution < -0.4 is 5.32 Å². The Balaban J connectivity index is 1.41. The number of nitrogens with zero attached hydrogens (tertiary/aromatic N) is 1. The van der Waals surface area contributed by atoms with Crippen LogP contribution in [0, 0.1) is 17.8 Å². The minimum Gasteiger partial charge on any atom is -0.352 e. The lowest BCUT2D eigenvalue weighted by molar-refractivity contribution is -0.125. The highest BCUT2D eigenvalue weighted by atomic mass is 32.1. The topological polar surface area (TPSA) is 42.0 Å². The second-order valence-corrected chi connectivity index (χ2v) is 6.98. The van der Waals surface area contributed by atoms with Crippen LogP contribution in [0.2, 0.25) is 0 Å². The van der Waals surface area contributed by atoms with E-state index in [2.05, 4.69) is 45.3 Å². The van der Waals surface area contributed by atoms with E-state index >= 15 is 0 Å². The maximum absolute atomic E-state index is 12.4. The fourth-order valence-electron chi connectivity index (χ4n) is 3.57. The van der Waals surface area contributed by atoms with E-state index in [0.717, 1.165) is 24.0 Å². The number of hydrogen-bond donors (Lipinski definition) is 1. The maximum atomic E-state index is 12.4. The van der Waals surface area contributed by atoms with E-state index < -0.39 is 0 Å². The number of amides is 1. The monoisotopic (exact) mass is 310 g/mol. The van der Waals surface area contributed by atoms with Crippen molar-refractivity contribution >= 4 is 17.2 Å². The molecule has 3 atom stereocenters. The van der Waals surface area contributed by atoms with Crippen molar-refractivity contribution in [3.8, 4) is 11.1 Å². The van der Waals surface area contributed by atoms with Crippen LogP contribution in [0.1, 0.15) is 18.4 Å². The summed E-state index contributed by atoms with van der Waals surface area (Å²) >= 11 is 1.68. The minimum atomic E-state index is 0.169. The van der Waals surface area contributed by atoms with Crippen molar-refractivity contribution in [2.75, 3.05) is 0 Å². The van der Waals surface area contributed by atoms with Gasteiger partial charge in [-0.2, -0.15) is 11.3 Å². The van der Waals surface area contributed by atoms with Gasteiger partial charge in [0.25, 0.3) is 0 Å². The lowest BCUT2D eigenvalue weighted by atomic mass is 9.93. The van der Waals surface area contributed by atoms with Crippen LogP contribution in [0.25, 0.3) is 11.1 Å². The van der Waals surface area contributed by atoms with Gasteiger partial charge in [-0.25, -0.2) is 0 Å². The largest absolute Gasteiger partial charge is 0.352 e. The van der Waals surface area contributed by atoms with Crippen LogP contribution in [0.5, 0.6) is 0 Å². The molecular weight excluding hydrogens is 292 g/mol.